The molecule has 1 atom stereocenters. The molecular weight excluding hydrogens is 352 g/mol. The highest BCUT2D eigenvalue weighted by atomic mass is 32.2. The molecule has 0 bridgehead atoms. The van der Waals surface area contributed by atoms with Crippen LogP contribution in [-0.2, 0) is 10.0 Å². The Morgan fingerprint density at radius 1 is 1.23 bits per heavy atom. The highest BCUT2D eigenvalue weighted by Crippen LogP contribution is 2.26. The number of hydrogen-bond donors (Lipinski definition) is 0. The van der Waals surface area contributed by atoms with Crippen LogP contribution in [0.1, 0.15) is 18.5 Å². The van der Waals surface area contributed by atoms with Crippen LogP contribution >= 0.6 is 0 Å². The molecule has 1 aromatic carbocycles. The molecule has 1 aliphatic heterocycles. The molecule has 140 valence electrons. The molecule has 1 aliphatic rings. The van der Waals surface area contributed by atoms with Crippen LogP contribution in [0.2, 0.25) is 0 Å². The van der Waals surface area contributed by atoms with Crippen molar-refractivity contribution >= 4 is 10.0 Å². The molecule has 2 aromatic rings. The highest BCUT2D eigenvalue weighted by molar-refractivity contribution is 7.89. The van der Waals surface area contributed by atoms with Crippen LogP contribution in [0.5, 0.6) is 11.5 Å². The Morgan fingerprint density at radius 3 is 2.85 bits per heavy atom. The van der Waals surface area contributed by atoms with Gasteiger partial charge in [-0.15, -0.1) is 0 Å². The van der Waals surface area contributed by atoms with Crippen molar-refractivity contribution in [3.8, 4) is 11.5 Å². The van der Waals surface area contributed by atoms with Crippen LogP contribution in [0.3, 0.4) is 0 Å². The molecule has 26 heavy (non-hydrogen) atoms. The van der Waals surface area contributed by atoms with Gasteiger partial charge in [0, 0.05) is 43.0 Å². The van der Waals surface area contributed by atoms with Crippen LogP contribution < -0.4 is 9.47 Å². The summed E-state index contributed by atoms with van der Waals surface area (Å²) in [6, 6.07) is 10.3. The number of ether oxygens (including phenoxy) is 2. The number of rotatable bonds is 6. The summed E-state index contributed by atoms with van der Waals surface area (Å²) in [5, 5.41) is 0. The Balaban J connectivity index is 1.67. The zero-order valence-electron chi connectivity index (χ0n) is 15.1. The number of sulfonamides is 1. The summed E-state index contributed by atoms with van der Waals surface area (Å²) >= 11 is 0. The minimum Gasteiger partial charge on any atom is -0.497 e. The maximum atomic E-state index is 12.9. The zero-order chi connectivity index (χ0) is 18.6. The molecular formula is C19H24N2O4S. The van der Waals surface area contributed by atoms with Crippen LogP contribution in [-0.4, -0.2) is 44.5 Å². The lowest BCUT2D eigenvalue weighted by Crippen LogP contribution is -2.41. The molecule has 1 unspecified atom stereocenters. The number of pyridine rings is 1. The standard InChI is InChI=1S/C19H24N2O4S/c1-15-11-18(8-9-20-15)25-14-16-5-4-10-21(13-16)26(22,23)19-7-3-6-17(12-19)24-2/h3,6-9,11-12,16H,4-5,10,13-14H2,1-2H3. The lowest BCUT2D eigenvalue weighted by Gasteiger charge is -2.31. The number of methoxy groups -OCH3 is 1. The monoisotopic (exact) mass is 376 g/mol. The molecule has 1 fully saturated rings. The van der Waals surface area contributed by atoms with Crippen molar-refractivity contribution in [2.24, 2.45) is 5.92 Å². The van der Waals surface area contributed by atoms with E-state index >= 15 is 0 Å². The van der Waals surface area contributed by atoms with Gasteiger partial charge in [-0.3, -0.25) is 4.98 Å². The summed E-state index contributed by atoms with van der Waals surface area (Å²) in [7, 11) is -2.00. The zero-order valence-corrected chi connectivity index (χ0v) is 15.9. The average Bonchev–Trinajstić information content (AvgIpc) is 2.67. The molecule has 2 heterocycles. The van der Waals surface area contributed by atoms with Crippen molar-refractivity contribution in [3.63, 3.8) is 0 Å². The molecule has 0 radical (unpaired) electrons. The second kappa shape index (κ2) is 8.05. The van der Waals surface area contributed by atoms with Crippen molar-refractivity contribution in [1.29, 1.82) is 0 Å². The van der Waals surface area contributed by atoms with Gasteiger partial charge in [-0.2, -0.15) is 4.31 Å². The normalized spacial score (nSPS) is 18.5. The summed E-state index contributed by atoms with van der Waals surface area (Å²) in [4.78, 5) is 4.42. The summed E-state index contributed by atoms with van der Waals surface area (Å²) in [6.45, 7) is 3.40. The maximum Gasteiger partial charge on any atom is 0.243 e. The minimum atomic E-state index is -3.53. The number of hydrogen-bond acceptors (Lipinski definition) is 5. The molecule has 0 aliphatic carbocycles. The molecule has 3 rings (SSSR count). The van der Waals surface area contributed by atoms with E-state index in [0.717, 1.165) is 24.3 Å². The fourth-order valence-electron chi connectivity index (χ4n) is 3.12. The van der Waals surface area contributed by atoms with E-state index in [2.05, 4.69) is 4.98 Å². The number of aromatic nitrogens is 1. The highest BCUT2D eigenvalue weighted by Gasteiger charge is 2.30. The largest absolute Gasteiger partial charge is 0.497 e. The van der Waals surface area contributed by atoms with E-state index in [-0.39, 0.29) is 10.8 Å². The lowest BCUT2D eigenvalue weighted by molar-refractivity contribution is 0.180. The first-order valence-electron chi connectivity index (χ1n) is 8.68. The van der Waals surface area contributed by atoms with E-state index in [1.54, 1.807) is 34.8 Å². The topological polar surface area (TPSA) is 68.7 Å². The first-order chi connectivity index (χ1) is 12.5. The van der Waals surface area contributed by atoms with Gasteiger partial charge in [0.15, 0.2) is 0 Å². The van der Waals surface area contributed by atoms with E-state index in [4.69, 9.17) is 9.47 Å². The Kier molecular flexibility index (Phi) is 5.78. The summed E-state index contributed by atoms with van der Waals surface area (Å²) < 4.78 is 38.4. The first-order valence-corrected chi connectivity index (χ1v) is 10.1. The molecule has 7 heteroatoms. The van der Waals surface area contributed by atoms with Crippen molar-refractivity contribution in [2.75, 3.05) is 26.8 Å². The Morgan fingerprint density at radius 2 is 2.08 bits per heavy atom. The number of nitrogens with zero attached hydrogens (tertiary/aromatic N) is 2. The van der Waals surface area contributed by atoms with Crippen molar-refractivity contribution in [2.45, 2.75) is 24.7 Å². The molecule has 6 nitrogen and oxygen atoms in total. The fraction of sp³-hybridized carbons (Fsp3) is 0.421. The van der Waals surface area contributed by atoms with Gasteiger partial charge >= 0.3 is 0 Å². The van der Waals surface area contributed by atoms with E-state index in [1.165, 1.54) is 7.11 Å². The molecule has 1 aromatic heterocycles. The van der Waals surface area contributed by atoms with Gasteiger partial charge in [0.25, 0.3) is 0 Å². The first kappa shape index (κ1) is 18.7. The fourth-order valence-corrected chi connectivity index (χ4v) is 4.71. The smallest absolute Gasteiger partial charge is 0.243 e. The van der Waals surface area contributed by atoms with Gasteiger partial charge in [0.1, 0.15) is 11.5 Å². The second-order valence-electron chi connectivity index (χ2n) is 6.49. The third-order valence-corrected chi connectivity index (χ3v) is 6.38. The van der Waals surface area contributed by atoms with Crippen LogP contribution in [0.4, 0.5) is 0 Å². The van der Waals surface area contributed by atoms with Gasteiger partial charge in [0.05, 0.1) is 18.6 Å². The van der Waals surface area contributed by atoms with Crippen molar-refractivity contribution < 1.29 is 17.9 Å². The number of aryl methyl sites for hydroxylation is 1. The third-order valence-electron chi connectivity index (χ3n) is 4.51. The van der Waals surface area contributed by atoms with E-state index < -0.39 is 10.0 Å². The number of benzene rings is 1. The van der Waals surface area contributed by atoms with Crippen molar-refractivity contribution in [1.82, 2.24) is 9.29 Å². The average molecular weight is 376 g/mol. The molecule has 0 saturated carbocycles. The van der Waals surface area contributed by atoms with Crippen LogP contribution in [0.15, 0.2) is 47.5 Å². The minimum absolute atomic E-state index is 0.164. The Bertz CT molecular complexity index is 854. The molecule has 0 N–H and O–H groups in total. The van der Waals surface area contributed by atoms with Crippen LogP contribution in [0, 0.1) is 12.8 Å². The SMILES string of the molecule is COc1cccc(S(=O)(=O)N2CCCC(COc3ccnc(C)c3)C2)c1. The number of piperidine rings is 1. The third kappa shape index (κ3) is 4.34. The van der Waals surface area contributed by atoms with E-state index in [9.17, 15) is 8.42 Å². The van der Waals surface area contributed by atoms with Crippen LogP contribution in [0.25, 0.3) is 0 Å². The predicted molar refractivity (Wildman–Crippen MR) is 98.9 cm³/mol. The molecule has 0 amide bonds. The quantitative estimate of drug-likeness (QED) is 0.775. The summed E-state index contributed by atoms with van der Waals surface area (Å²) in [5.41, 5.74) is 0.897. The summed E-state index contributed by atoms with van der Waals surface area (Å²) in [5.74, 6) is 1.47. The van der Waals surface area contributed by atoms with Gasteiger partial charge in [0.2, 0.25) is 10.0 Å². The Labute approximate surface area is 154 Å². The second-order valence-corrected chi connectivity index (χ2v) is 8.43. The van der Waals surface area contributed by atoms with E-state index in [1.807, 2.05) is 19.1 Å². The van der Waals surface area contributed by atoms with Gasteiger partial charge in [-0.25, -0.2) is 8.42 Å². The van der Waals surface area contributed by atoms with E-state index in [0.29, 0.717) is 25.4 Å². The van der Waals surface area contributed by atoms with Gasteiger partial charge < -0.3 is 9.47 Å². The van der Waals surface area contributed by atoms with Gasteiger partial charge in [-0.05, 0) is 38.0 Å². The Hall–Kier alpha value is -2.12. The summed E-state index contributed by atoms with van der Waals surface area (Å²) in [6.07, 6.45) is 3.49. The molecule has 1 saturated heterocycles. The maximum absolute atomic E-state index is 12.9. The molecule has 0 spiro atoms. The lowest BCUT2D eigenvalue weighted by atomic mass is 10.0. The predicted octanol–water partition coefficient (Wildman–Crippen LogP) is 2.88. The van der Waals surface area contributed by atoms with Crippen molar-refractivity contribution in [3.05, 3.63) is 48.3 Å². The van der Waals surface area contributed by atoms with Gasteiger partial charge in [-0.1, -0.05) is 6.07 Å².